The van der Waals surface area contributed by atoms with Crippen LogP contribution in [0.3, 0.4) is 0 Å². The Hall–Kier alpha value is -1.36. The van der Waals surface area contributed by atoms with Crippen molar-refractivity contribution in [3.05, 3.63) is 11.9 Å². The summed E-state index contributed by atoms with van der Waals surface area (Å²) < 4.78 is 5.38. The predicted octanol–water partition coefficient (Wildman–Crippen LogP) is 1.72. The summed E-state index contributed by atoms with van der Waals surface area (Å²) in [6, 6.07) is 1.80. The van der Waals surface area contributed by atoms with Crippen LogP contribution in [-0.4, -0.2) is 28.2 Å². The van der Waals surface area contributed by atoms with E-state index in [1.807, 2.05) is 34.6 Å². The number of hydrogen-bond donors (Lipinski definition) is 2. The van der Waals surface area contributed by atoms with Crippen LogP contribution in [0.5, 0.6) is 5.88 Å². The molecule has 0 bridgehead atoms. The molecule has 1 rings (SSSR count). The number of ether oxygens (including phenoxy) is 1. The SMILES string of the molecule is CCOc1cc(NC(C)(C)C(C)N)nc(C)n1. The maximum absolute atomic E-state index is 5.92. The Kier molecular flexibility index (Phi) is 4.28. The lowest BCUT2D eigenvalue weighted by Gasteiger charge is -2.31. The van der Waals surface area contributed by atoms with Crippen molar-refractivity contribution in [2.75, 3.05) is 11.9 Å². The second kappa shape index (κ2) is 5.31. The van der Waals surface area contributed by atoms with E-state index in [2.05, 4.69) is 15.3 Å². The van der Waals surface area contributed by atoms with Gasteiger partial charge in [0.1, 0.15) is 11.6 Å². The third-order valence-corrected chi connectivity index (χ3v) is 2.70. The van der Waals surface area contributed by atoms with Gasteiger partial charge in [-0.2, -0.15) is 4.98 Å². The van der Waals surface area contributed by atoms with Crippen LogP contribution in [0.25, 0.3) is 0 Å². The van der Waals surface area contributed by atoms with Crippen molar-refractivity contribution in [1.29, 1.82) is 0 Å². The molecule has 1 aromatic rings. The molecule has 0 amide bonds. The largest absolute Gasteiger partial charge is 0.478 e. The molecular formula is C12H22N4O. The van der Waals surface area contributed by atoms with Crippen LogP contribution < -0.4 is 15.8 Å². The van der Waals surface area contributed by atoms with Crippen molar-refractivity contribution in [3.8, 4) is 5.88 Å². The summed E-state index contributed by atoms with van der Waals surface area (Å²) >= 11 is 0. The van der Waals surface area contributed by atoms with Crippen molar-refractivity contribution in [2.45, 2.75) is 46.2 Å². The molecule has 3 N–H and O–H groups in total. The Morgan fingerprint density at radius 2 is 2.12 bits per heavy atom. The predicted molar refractivity (Wildman–Crippen MR) is 69.3 cm³/mol. The zero-order valence-corrected chi connectivity index (χ0v) is 11.2. The van der Waals surface area contributed by atoms with Crippen LogP contribution >= 0.6 is 0 Å². The maximum atomic E-state index is 5.92. The first-order valence-electron chi connectivity index (χ1n) is 5.87. The Labute approximate surface area is 103 Å². The van der Waals surface area contributed by atoms with Gasteiger partial charge in [-0.25, -0.2) is 4.98 Å². The van der Waals surface area contributed by atoms with Crippen LogP contribution in [0.2, 0.25) is 0 Å². The zero-order valence-electron chi connectivity index (χ0n) is 11.2. The number of hydrogen-bond acceptors (Lipinski definition) is 5. The van der Waals surface area contributed by atoms with Crippen molar-refractivity contribution < 1.29 is 4.74 Å². The smallest absolute Gasteiger partial charge is 0.218 e. The molecule has 0 radical (unpaired) electrons. The van der Waals surface area contributed by atoms with E-state index < -0.39 is 0 Å². The molecule has 1 heterocycles. The molecule has 0 saturated carbocycles. The highest BCUT2D eigenvalue weighted by atomic mass is 16.5. The lowest BCUT2D eigenvalue weighted by atomic mass is 9.97. The fourth-order valence-corrected chi connectivity index (χ4v) is 1.27. The number of nitrogens with one attached hydrogen (secondary N) is 1. The van der Waals surface area contributed by atoms with Gasteiger partial charge in [0.05, 0.1) is 6.61 Å². The monoisotopic (exact) mass is 238 g/mol. The minimum atomic E-state index is -0.232. The van der Waals surface area contributed by atoms with Gasteiger partial charge in [0.15, 0.2) is 0 Å². The van der Waals surface area contributed by atoms with Gasteiger partial charge >= 0.3 is 0 Å². The van der Waals surface area contributed by atoms with Gasteiger partial charge in [-0.3, -0.25) is 0 Å². The third kappa shape index (κ3) is 3.85. The molecule has 5 heteroatoms. The quantitative estimate of drug-likeness (QED) is 0.817. The van der Waals surface area contributed by atoms with Crippen molar-refractivity contribution in [1.82, 2.24) is 9.97 Å². The summed E-state index contributed by atoms with van der Waals surface area (Å²) in [5, 5.41) is 3.30. The highest BCUT2D eigenvalue weighted by Gasteiger charge is 2.23. The molecule has 0 aliphatic rings. The Morgan fingerprint density at radius 1 is 1.47 bits per heavy atom. The number of anilines is 1. The summed E-state index contributed by atoms with van der Waals surface area (Å²) in [5.74, 6) is 2.00. The van der Waals surface area contributed by atoms with Crippen molar-refractivity contribution in [3.63, 3.8) is 0 Å². The van der Waals surface area contributed by atoms with E-state index in [9.17, 15) is 0 Å². The van der Waals surface area contributed by atoms with Crippen LogP contribution in [0, 0.1) is 6.92 Å². The van der Waals surface area contributed by atoms with E-state index in [0.29, 0.717) is 18.3 Å². The van der Waals surface area contributed by atoms with Gasteiger partial charge in [-0.05, 0) is 34.6 Å². The second-order valence-corrected chi connectivity index (χ2v) is 4.71. The lowest BCUT2D eigenvalue weighted by Crippen LogP contribution is -2.47. The van der Waals surface area contributed by atoms with E-state index in [0.717, 1.165) is 5.82 Å². The summed E-state index contributed by atoms with van der Waals surface area (Å²) in [7, 11) is 0. The minimum Gasteiger partial charge on any atom is -0.478 e. The molecule has 0 spiro atoms. The normalized spacial score (nSPS) is 13.3. The Morgan fingerprint density at radius 3 is 2.65 bits per heavy atom. The fraction of sp³-hybridized carbons (Fsp3) is 0.667. The van der Waals surface area contributed by atoms with Gasteiger partial charge in [0, 0.05) is 17.6 Å². The molecule has 1 unspecified atom stereocenters. The number of nitrogens with zero attached hydrogens (tertiary/aromatic N) is 2. The molecule has 1 aromatic heterocycles. The fourth-order valence-electron chi connectivity index (χ4n) is 1.27. The van der Waals surface area contributed by atoms with Gasteiger partial charge < -0.3 is 15.8 Å². The van der Waals surface area contributed by atoms with E-state index in [1.165, 1.54) is 0 Å². The topological polar surface area (TPSA) is 73.1 Å². The molecule has 1 atom stereocenters. The summed E-state index contributed by atoms with van der Waals surface area (Å²) in [6.07, 6.45) is 0. The number of nitrogens with two attached hydrogens (primary N) is 1. The maximum Gasteiger partial charge on any atom is 0.218 e. The Balaban J connectivity index is 2.91. The minimum absolute atomic E-state index is 0.00770. The first-order chi connectivity index (χ1) is 7.85. The van der Waals surface area contributed by atoms with Gasteiger partial charge in [0.2, 0.25) is 5.88 Å². The van der Waals surface area contributed by atoms with Gasteiger partial charge in [-0.15, -0.1) is 0 Å². The van der Waals surface area contributed by atoms with Gasteiger partial charge in [-0.1, -0.05) is 0 Å². The lowest BCUT2D eigenvalue weighted by molar-refractivity contribution is 0.325. The standard InChI is InChI=1S/C12H22N4O/c1-6-17-11-7-10(14-9(3)15-11)16-12(4,5)8(2)13/h7-8H,6,13H2,1-5H3,(H,14,15,16). The number of aryl methyl sites for hydroxylation is 1. The van der Waals surface area contributed by atoms with Crippen molar-refractivity contribution >= 4 is 5.82 Å². The molecule has 5 nitrogen and oxygen atoms in total. The average Bonchev–Trinajstić information content (AvgIpc) is 2.15. The highest BCUT2D eigenvalue weighted by molar-refractivity contribution is 5.41. The first-order valence-corrected chi connectivity index (χ1v) is 5.87. The van der Waals surface area contributed by atoms with Crippen molar-refractivity contribution in [2.24, 2.45) is 5.73 Å². The number of aromatic nitrogens is 2. The third-order valence-electron chi connectivity index (χ3n) is 2.70. The highest BCUT2D eigenvalue weighted by Crippen LogP contribution is 2.19. The summed E-state index contributed by atoms with van der Waals surface area (Å²) in [5.41, 5.74) is 5.68. The molecule has 96 valence electrons. The van der Waals surface area contributed by atoms with Gasteiger partial charge in [0.25, 0.3) is 0 Å². The molecule has 0 aliphatic heterocycles. The molecular weight excluding hydrogens is 216 g/mol. The van der Waals surface area contributed by atoms with Crippen LogP contribution in [0.1, 0.15) is 33.5 Å². The molecule has 17 heavy (non-hydrogen) atoms. The molecule has 0 aromatic carbocycles. The van der Waals surface area contributed by atoms with E-state index in [-0.39, 0.29) is 11.6 Å². The van der Waals surface area contributed by atoms with Crippen LogP contribution in [0.4, 0.5) is 5.82 Å². The van der Waals surface area contributed by atoms with E-state index in [1.54, 1.807) is 6.07 Å². The molecule has 0 fully saturated rings. The second-order valence-electron chi connectivity index (χ2n) is 4.71. The van der Waals surface area contributed by atoms with Crippen LogP contribution in [-0.2, 0) is 0 Å². The van der Waals surface area contributed by atoms with Crippen LogP contribution in [0.15, 0.2) is 6.07 Å². The molecule has 0 aliphatic carbocycles. The van der Waals surface area contributed by atoms with E-state index >= 15 is 0 Å². The summed E-state index contributed by atoms with van der Waals surface area (Å²) in [6.45, 7) is 10.4. The van der Waals surface area contributed by atoms with E-state index in [4.69, 9.17) is 10.5 Å². The first kappa shape index (κ1) is 13.7. The zero-order chi connectivity index (χ0) is 13.1. The average molecular weight is 238 g/mol. The summed E-state index contributed by atoms with van der Waals surface area (Å²) in [4.78, 5) is 8.52. The molecule has 0 saturated heterocycles. The number of rotatable bonds is 5. The Bertz CT molecular complexity index is 377.